The van der Waals surface area contributed by atoms with Crippen LogP contribution in [0.2, 0.25) is 0 Å². The molecule has 2 aromatic heterocycles. The molecular formula is C9H8N4O3. The van der Waals surface area contributed by atoms with Gasteiger partial charge in [0, 0.05) is 7.05 Å². The maximum atomic E-state index is 11.4. The van der Waals surface area contributed by atoms with Crippen LogP contribution in [0, 0.1) is 11.8 Å². The summed E-state index contributed by atoms with van der Waals surface area (Å²) < 4.78 is 1.21. The molecule has 0 unspecified atom stereocenters. The number of aromatic nitrogens is 4. The summed E-state index contributed by atoms with van der Waals surface area (Å²) in [5.74, 6) is 5.15. The van der Waals surface area contributed by atoms with E-state index in [1.54, 1.807) is 0 Å². The summed E-state index contributed by atoms with van der Waals surface area (Å²) in [5.41, 5.74) is -0.659. The Balaban J connectivity index is 2.80. The Bertz CT molecular complexity index is 710. The van der Waals surface area contributed by atoms with E-state index in [2.05, 4.69) is 26.8 Å². The standard InChI is InChI=1S/C9H8N4O3/c1-13-7-6(8(15)12-9(13)16)10-5(11-7)3-2-4-14/h14H,4H2,1H3,(H,10,11)(H,12,15,16). The first-order valence-electron chi connectivity index (χ1n) is 4.42. The van der Waals surface area contributed by atoms with Gasteiger partial charge in [-0.25, -0.2) is 9.78 Å². The van der Waals surface area contributed by atoms with E-state index in [1.165, 1.54) is 11.6 Å². The van der Waals surface area contributed by atoms with Crippen LogP contribution in [0.3, 0.4) is 0 Å². The van der Waals surface area contributed by atoms with E-state index in [-0.39, 0.29) is 23.6 Å². The van der Waals surface area contributed by atoms with Crippen LogP contribution in [0.25, 0.3) is 11.2 Å². The van der Waals surface area contributed by atoms with Gasteiger partial charge < -0.3 is 10.1 Å². The number of aromatic amines is 2. The molecule has 82 valence electrons. The Morgan fingerprint density at radius 2 is 2.19 bits per heavy atom. The van der Waals surface area contributed by atoms with Crippen molar-refractivity contribution >= 4 is 11.2 Å². The van der Waals surface area contributed by atoms with E-state index in [0.717, 1.165) is 0 Å². The molecule has 7 nitrogen and oxygen atoms in total. The zero-order chi connectivity index (χ0) is 11.7. The second kappa shape index (κ2) is 3.67. The third kappa shape index (κ3) is 1.51. The molecule has 0 fully saturated rings. The number of imidazole rings is 1. The summed E-state index contributed by atoms with van der Waals surface area (Å²) in [6.45, 7) is -0.299. The Morgan fingerprint density at radius 3 is 2.88 bits per heavy atom. The van der Waals surface area contributed by atoms with Crippen molar-refractivity contribution in [2.24, 2.45) is 7.05 Å². The fraction of sp³-hybridized carbons (Fsp3) is 0.222. The first-order valence-corrected chi connectivity index (χ1v) is 4.42. The van der Waals surface area contributed by atoms with Gasteiger partial charge >= 0.3 is 5.69 Å². The predicted molar refractivity (Wildman–Crippen MR) is 55.9 cm³/mol. The van der Waals surface area contributed by atoms with Crippen LogP contribution in [-0.4, -0.2) is 31.2 Å². The van der Waals surface area contributed by atoms with E-state index < -0.39 is 11.2 Å². The van der Waals surface area contributed by atoms with Gasteiger partial charge in [0.05, 0.1) is 0 Å². The molecule has 0 bridgehead atoms. The normalized spacial score (nSPS) is 10.1. The lowest BCUT2D eigenvalue weighted by molar-refractivity contribution is 0.350. The minimum atomic E-state index is -0.539. The predicted octanol–water partition coefficient (Wildman–Crippen LogP) is -1.71. The molecule has 2 heterocycles. The number of hydrogen-bond acceptors (Lipinski definition) is 4. The number of hydrogen-bond donors (Lipinski definition) is 3. The van der Waals surface area contributed by atoms with E-state index in [1.807, 2.05) is 0 Å². The molecule has 0 aliphatic carbocycles. The molecule has 16 heavy (non-hydrogen) atoms. The van der Waals surface area contributed by atoms with Crippen molar-refractivity contribution in [1.29, 1.82) is 0 Å². The van der Waals surface area contributed by atoms with Crippen LogP contribution in [-0.2, 0) is 7.05 Å². The van der Waals surface area contributed by atoms with Crippen LogP contribution < -0.4 is 11.2 Å². The lowest BCUT2D eigenvalue weighted by Crippen LogP contribution is -2.28. The molecule has 0 radical (unpaired) electrons. The molecule has 0 atom stereocenters. The highest BCUT2D eigenvalue weighted by Crippen LogP contribution is 2.01. The van der Waals surface area contributed by atoms with Crippen LogP contribution in [0.1, 0.15) is 5.82 Å². The summed E-state index contributed by atoms with van der Waals surface area (Å²) in [7, 11) is 1.49. The number of aryl methyl sites for hydroxylation is 1. The Morgan fingerprint density at radius 1 is 1.44 bits per heavy atom. The maximum Gasteiger partial charge on any atom is 0.329 e. The molecule has 0 saturated carbocycles. The van der Waals surface area contributed by atoms with Crippen molar-refractivity contribution in [3.05, 3.63) is 26.7 Å². The first-order chi connectivity index (χ1) is 7.63. The molecule has 2 aromatic rings. The van der Waals surface area contributed by atoms with E-state index >= 15 is 0 Å². The molecule has 3 N–H and O–H groups in total. The molecule has 0 aromatic carbocycles. The first kappa shape index (κ1) is 10.2. The van der Waals surface area contributed by atoms with Gasteiger partial charge in [-0.2, -0.15) is 0 Å². The highest BCUT2D eigenvalue weighted by atomic mass is 16.2. The Labute approximate surface area is 88.8 Å². The van der Waals surface area contributed by atoms with Crippen LogP contribution >= 0.6 is 0 Å². The Hall–Kier alpha value is -2.33. The summed E-state index contributed by atoms with van der Waals surface area (Å²) in [5, 5.41) is 8.52. The maximum absolute atomic E-state index is 11.4. The van der Waals surface area contributed by atoms with E-state index in [9.17, 15) is 9.59 Å². The van der Waals surface area contributed by atoms with Gasteiger partial charge in [0.15, 0.2) is 17.0 Å². The number of aliphatic hydroxyl groups is 1. The highest BCUT2D eigenvalue weighted by Gasteiger charge is 2.08. The van der Waals surface area contributed by atoms with E-state index in [0.29, 0.717) is 0 Å². The number of aliphatic hydroxyl groups excluding tert-OH is 1. The summed E-state index contributed by atoms with van der Waals surface area (Å²) in [6.07, 6.45) is 0. The topological polar surface area (TPSA) is 104 Å². The second-order valence-electron chi connectivity index (χ2n) is 3.06. The van der Waals surface area contributed by atoms with Crippen LogP contribution in [0.5, 0.6) is 0 Å². The van der Waals surface area contributed by atoms with Gasteiger partial charge in [0.1, 0.15) is 6.61 Å². The summed E-state index contributed by atoms with van der Waals surface area (Å²) >= 11 is 0. The molecule has 0 aliphatic heterocycles. The lowest BCUT2D eigenvalue weighted by Gasteiger charge is -1.94. The van der Waals surface area contributed by atoms with Gasteiger partial charge in [0.25, 0.3) is 5.56 Å². The third-order valence-electron chi connectivity index (χ3n) is 2.04. The quantitative estimate of drug-likeness (QED) is 0.460. The molecular weight excluding hydrogens is 212 g/mol. The average molecular weight is 220 g/mol. The molecule has 2 rings (SSSR count). The van der Waals surface area contributed by atoms with E-state index in [4.69, 9.17) is 5.11 Å². The van der Waals surface area contributed by atoms with Crippen LogP contribution in [0.4, 0.5) is 0 Å². The van der Waals surface area contributed by atoms with Gasteiger partial charge in [-0.3, -0.25) is 14.3 Å². The van der Waals surface area contributed by atoms with Crippen molar-refractivity contribution in [1.82, 2.24) is 19.5 Å². The number of nitrogens with zero attached hydrogens (tertiary/aromatic N) is 2. The van der Waals surface area contributed by atoms with Gasteiger partial charge in [-0.15, -0.1) is 0 Å². The van der Waals surface area contributed by atoms with Crippen molar-refractivity contribution in [2.45, 2.75) is 0 Å². The number of nitrogens with one attached hydrogen (secondary N) is 2. The van der Waals surface area contributed by atoms with Gasteiger partial charge in [0.2, 0.25) is 0 Å². The monoisotopic (exact) mass is 220 g/mol. The molecule has 0 aliphatic rings. The van der Waals surface area contributed by atoms with Crippen molar-refractivity contribution in [2.75, 3.05) is 6.61 Å². The second-order valence-corrected chi connectivity index (χ2v) is 3.06. The minimum Gasteiger partial charge on any atom is -0.384 e. The van der Waals surface area contributed by atoms with Gasteiger partial charge in [-0.05, 0) is 5.92 Å². The fourth-order valence-electron chi connectivity index (χ4n) is 1.29. The highest BCUT2D eigenvalue weighted by molar-refractivity contribution is 5.70. The lowest BCUT2D eigenvalue weighted by atomic mass is 10.5. The Kier molecular flexibility index (Phi) is 2.34. The summed E-state index contributed by atoms with van der Waals surface area (Å²) in [6, 6.07) is 0. The third-order valence-corrected chi connectivity index (χ3v) is 2.04. The fourth-order valence-corrected chi connectivity index (χ4v) is 1.29. The largest absolute Gasteiger partial charge is 0.384 e. The molecule has 0 amide bonds. The van der Waals surface area contributed by atoms with Crippen molar-refractivity contribution < 1.29 is 5.11 Å². The molecule has 7 heteroatoms. The smallest absolute Gasteiger partial charge is 0.329 e. The average Bonchev–Trinajstić information content (AvgIpc) is 2.68. The summed E-state index contributed by atoms with van der Waals surface area (Å²) in [4.78, 5) is 31.4. The van der Waals surface area contributed by atoms with Crippen molar-refractivity contribution in [3.63, 3.8) is 0 Å². The number of rotatable bonds is 0. The number of H-pyrrole nitrogens is 2. The minimum absolute atomic E-state index is 0.185. The van der Waals surface area contributed by atoms with Crippen LogP contribution in [0.15, 0.2) is 9.59 Å². The molecule has 0 spiro atoms. The zero-order valence-corrected chi connectivity index (χ0v) is 8.37. The van der Waals surface area contributed by atoms with Gasteiger partial charge in [-0.1, -0.05) is 5.92 Å². The van der Waals surface area contributed by atoms with Crippen molar-refractivity contribution in [3.8, 4) is 11.8 Å². The zero-order valence-electron chi connectivity index (χ0n) is 8.37. The molecule has 0 saturated heterocycles. The SMILES string of the molecule is Cn1c(=O)[nH]c(=O)c2[nH]c(C#CCO)nc21. The number of fused-ring (bicyclic) bond motifs is 1.